The summed E-state index contributed by atoms with van der Waals surface area (Å²) in [6.45, 7) is 2.48. The van der Waals surface area contributed by atoms with Crippen molar-refractivity contribution in [1.82, 2.24) is 4.90 Å². The van der Waals surface area contributed by atoms with Gasteiger partial charge in [-0.2, -0.15) is 0 Å². The Kier molecular flexibility index (Phi) is 5.92. The van der Waals surface area contributed by atoms with Gasteiger partial charge in [-0.15, -0.1) is 0 Å². The van der Waals surface area contributed by atoms with Crippen LogP contribution in [0.3, 0.4) is 0 Å². The number of hydrogen-bond acceptors (Lipinski definition) is 1. The van der Waals surface area contributed by atoms with E-state index >= 15 is 0 Å². The third-order valence-corrected chi connectivity index (χ3v) is 5.35. The SMILES string of the molecule is Cc1ccc(Cl)c(NC(=S)N(Cc2ccccc2F)C2CCCC2)c1. The van der Waals surface area contributed by atoms with Gasteiger partial charge in [-0.25, -0.2) is 4.39 Å². The molecule has 0 unspecified atom stereocenters. The van der Waals surface area contributed by atoms with Gasteiger partial charge >= 0.3 is 0 Å². The number of nitrogens with zero attached hydrogens (tertiary/aromatic N) is 1. The Bertz CT molecular complexity index is 759. The van der Waals surface area contributed by atoms with Gasteiger partial charge in [0.2, 0.25) is 0 Å². The van der Waals surface area contributed by atoms with Gasteiger partial charge in [0.05, 0.1) is 10.7 Å². The molecule has 0 heterocycles. The fourth-order valence-electron chi connectivity index (χ4n) is 3.31. The highest BCUT2D eigenvalue weighted by molar-refractivity contribution is 7.80. The van der Waals surface area contributed by atoms with Gasteiger partial charge in [0.25, 0.3) is 0 Å². The molecule has 1 saturated carbocycles. The number of halogens is 2. The van der Waals surface area contributed by atoms with Crippen LogP contribution in [0, 0.1) is 12.7 Å². The number of rotatable bonds is 4. The van der Waals surface area contributed by atoms with E-state index in [1.54, 1.807) is 6.07 Å². The predicted octanol–water partition coefficient (Wildman–Crippen LogP) is 5.93. The van der Waals surface area contributed by atoms with Crippen LogP contribution < -0.4 is 5.32 Å². The van der Waals surface area contributed by atoms with Crippen LogP contribution in [-0.2, 0) is 6.54 Å². The molecule has 1 N–H and O–H groups in total. The van der Waals surface area contributed by atoms with Gasteiger partial charge in [-0.05, 0) is 55.7 Å². The lowest BCUT2D eigenvalue weighted by atomic mass is 10.1. The average Bonchev–Trinajstić information content (AvgIpc) is 3.11. The van der Waals surface area contributed by atoms with E-state index in [9.17, 15) is 4.39 Å². The maximum absolute atomic E-state index is 14.1. The molecule has 0 amide bonds. The molecule has 0 aliphatic heterocycles. The first-order valence-electron chi connectivity index (χ1n) is 8.62. The summed E-state index contributed by atoms with van der Waals surface area (Å²) in [5.41, 5.74) is 2.56. The summed E-state index contributed by atoms with van der Waals surface area (Å²) in [5.74, 6) is -0.193. The minimum absolute atomic E-state index is 0.193. The molecule has 0 bridgehead atoms. The quantitative estimate of drug-likeness (QED) is 0.666. The van der Waals surface area contributed by atoms with E-state index < -0.39 is 0 Å². The van der Waals surface area contributed by atoms with Gasteiger partial charge in [-0.3, -0.25) is 0 Å². The van der Waals surface area contributed by atoms with Crippen molar-refractivity contribution in [2.24, 2.45) is 0 Å². The van der Waals surface area contributed by atoms with Crippen LogP contribution in [0.4, 0.5) is 10.1 Å². The molecule has 1 aliphatic carbocycles. The Labute approximate surface area is 159 Å². The highest BCUT2D eigenvalue weighted by atomic mass is 35.5. The highest BCUT2D eigenvalue weighted by Gasteiger charge is 2.25. The van der Waals surface area contributed by atoms with Crippen LogP contribution in [0.25, 0.3) is 0 Å². The van der Waals surface area contributed by atoms with E-state index in [0.29, 0.717) is 28.3 Å². The third-order valence-electron chi connectivity index (χ3n) is 4.69. The van der Waals surface area contributed by atoms with Gasteiger partial charge < -0.3 is 10.2 Å². The average molecular weight is 377 g/mol. The van der Waals surface area contributed by atoms with Crippen LogP contribution in [0.15, 0.2) is 42.5 Å². The highest BCUT2D eigenvalue weighted by Crippen LogP contribution is 2.28. The maximum Gasteiger partial charge on any atom is 0.174 e. The van der Waals surface area contributed by atoms with Crippen molar-refractivity contribution < 1.29 is 4.39 Å². The number of thiocarbonyl (C=S) groups is 1. The van der Waals surface area contributed by atoms with Crippen LogP contribution in [0.1, 0.15) is 36.8 Å². The molecule has 5 heteroatoms. The molecule has 1 aliphatic rings. The molecule has 0 aromatic heterocycles. The van der Waals surface area contributed by atoms with Gasteiger partial charge in [0, 0.05) is 18.2 Å². The monoisotopic (exact) mass is 376 g/mol. The molecule has 0 spiro atoms. The molecular formula is C20H22ClFN2S. The van der Waals surface area contributed by atoms with E-state index in [0.717, 1.165) is 24.1 Å². The van der Waals surface area contributed by atoms with Crippen molar-refractivity contribution >= 4 is 34.6 Å². The summed E-state index contributed by atoms with van der Waals surface area (Å²) in [5, 5.41) is 4.50. The molecule has 25 heavy (non-hydrogen) atoms. The fraction of sp³-hybridized carbons (Fsp3) is 0.350. The minimum atomic E-state index is -0.193. The zero-order valence-electron chi connectivity index (χ0n) is 14.3. The Morgan fingerprint density at radius 1 is 1.24 bits per heavy atom. The second-order valence-corrected chi connectivity index (χ2v) is 7.36. The Morgan fingerprint density at radius 2 is 1.96 bits per heavy atom. The molecule has 132 valence electrons. The summed E-state index contributed by atoms with van der Waals surface area (Å²) in [7, 11) is 0. The molecule has 1 fully saturated rings. The Hall–Kier alpha value is -1.65. The largest absolute Gasteiger partial charge is 0.342 e. The zero-order valence-corrected chi connectivity index (χ0v) is 15.8. The minimum Gasteiger partial charge on any atom is -0.342 e. The summed E-state index contributed by atoms with van der Waals surface area (Å²) in [6, 6.07) is 13.0. The first kappa shape index (κ1) is 18.2. The predicted molar refractivity (Wildman–Crippen MR) is 107 cm³/mol. The standard InChI is InChI=1S/C20H22ClFN2S/c1-14-10-11-17(21)19(12-14)23-20(25)24(16-7-3-4-8-16)13-15-6-2-5-9-18(15)22/h2,5-6,9-12,16H,3-4,7-8,13H2,1H3,(H,23,25). The van der Waals surface area contributed by atoms with Crippen molar-refractivity contribution in [3.63, 3.8) is 0 Å². The van der Waals surface area contributed by atoms with Gasteiger partial charge in [0.15, 0.2) is 5.11 Å². The van der Waals surface area contributed by atoms with E-state index in [1.165, 1.54) is 18.9 Å². The number of anilines is 1. The van der Waals surface area contributed by atoms with Gasteiger partial charge in [0.1, 0.15) is 5.82 Å². The van der Waals surface area contributed by atoms with Crippen LogP contribution in [-0.4, -0.2) is 16.1 Å². The van der Waals surface area contributed by atoms with Crippen molar-refractivity contribution in [3.8, 4) is 0 Å². The number of nitrogens with one attached hydrogen (secondary N) is 1. The van der Waals surface area contributed by atoms with Crippen LogP contribution in [0.5, 0.6) is 0 Å². The molecule has 3 rings (SSSR count). The molecule has 2 aromatic carbocycles. The molecule has 0 radical (unpaired) electrons. The molecule has 0 saturated heterocycles. The lowest BCUT2D eigenvalue weighted by molar-refractivity contribution is 0.308. The Morgan fingerprint density at radius 3 is 2.68 bits per heavy atom. The second-order valence-electron chi connectivity index (χ2n) is 6.57. The lowest BCUT2D eigenvalue weighted by Gasteiger charge is -2.32. The van der Waals surface area contributed by atoms with Crippen LogP contribution >= 0.6 is 23.8 Å². The molecule has 2 aromatic rings. The normalized spacial score (nSPS) is 14.5. The fourth-order valence-corrected chi connectivity index (χ4v) is 3.80. The van der Waals surface area contributed by atoms with Crippen molar-refractivity contribution in [2.45, 2.75) is 45.2 Å². The van der Waals surface area contributed by atoms with E-state index in [-0.39, 0.29) is 5.82 Å². The molecule has 2 nitrogen and oxygen atoms in total. The topological polar surface area (TPSA) is 15.3 Å². The smallest absolute Gasteiger partial charge is 0.174 e. The first-order valence-corrected chi connectivity index (χ1v) is 9.40. The third kappa shape index (κ3) is 4.50. The van der Waals surface area contributed by atoms with E-state index in [1.807, 2.05) is 37.3 Å². The number of hydrogen-bond donors (Lipinski definition) is 1. The van der Waals surface area contributed by atoms with Crippen molar-refractivity contribution in [3.05, 3.63) is 64.4 Å². The summed E-state index contributed by atoms with van der Waals surface area (Å²) in [4.78, 5) is 2.11. The van der Waals surface area contributed by atoms with E-state index in [2.05, 4.69) is 10.2 Å². The second kappa shape index (κ2) is 8.15. The number of aryl methyl sites for hydroxylation is 1. The Balaban J connectivity index is 1.82. The van der Waals surface area contributed by atoms with Crippen LogP contribution in [0.2, 0.25) is 5.02 Å². The van der Waals surface area contributed by atoms with E-state index in [4.69, 9.17) is 23.8 Å². The van der Waals surface area contributed by atoms with Gasteiger partial charge in [-0.1, -0.05) is 48.7 Å². The molecular weight excluding hydrogens is 355 g/mol. The van der Waals surface area contributed by atoms with Crippen molar-refractivity contribution in [1.29, 1.82) is 0 Å². The first-order chi connectivity index (χ1) is 12.0. The molecule has 0 atom stereocenters. The summed E-state index contributed by atoms with van der Waals surface area (Å²) >= 11 is 12.0. The summed E-state index contributed by atoms with van der Waals surface area (Å²) in [6.07, 6.45) is 4.54. The summed E-state index contributed by atoms with van der Waals surface area (Å²) < 4.78 is 14.1. The van der Waals surface area contributed by atoms with Crippen molar-refractivity contribution in [2.75, 3.05) is 5.32 Å². The maximum atomic E-state index is 14.1. The zero-order chi connectivity index (χ0) is 17.8. The number of benzene rings is 2. The lowest BCUT2D eigenvalue weighted by Crippen LogP contribution is -2.41.